The van der Waals surface area contributed by atoms with E-state index in [9.17, 15) is 18.9 Å². The van der Waals surface area contributed by atoms with Crippen molar-refractivity contribution in [3.05, 3.63) is 120 Å². The van der Waals surface area contributed by atoms with Gasteiger partial charge in [-0.2, -0.15) is 0 Å². The fourth-order valence-electron chi connectivity index (χ4n) is 4.67. The van der Waals surface area contributed by atoms with Crippen LogP contribution in [-0.4, -0.2) is 48.8 Å². The molecule has 0 saturated heterocycles. The summed E-state index contributed by atoms with van der Waals surface area (Å²) in [7, 11) is -3.57. The second-order valence-corrected chi connectivity index (χ2v) is 13.6. The highest BCUT2D eigenvalue weighted by Crippen LogP contribution is 2.50. The Hall–Kier alpha value is -4.24. The number of hydrogen-bond donors (Lipinski definition) is 3. The predicted molar refractivity (Wildman–Crippen MR) is 183 cm³/mol. The first-order chi connectivity index (χ1) is 22.4. The maximum atomic E-state index is 14.0. The molecule has 0 aromatic heterocycles. The van der Waals surface area contributed by atoms with Crippen molar-refractivity contribution >= 4 is 25.5 Å². The van der Waals surface area contributed by atoms with Crippen LogP contribution in [0.4, 0.5) is 4.79 Å². The van der Waals surface area contributed by atoms with E-state index >= 15 is 0 Å². The molecule has 3 aromatic carbocycles. The van der Waals surface area contributed by atoms with Gasteiger partial charge in [-0.1, -0.05) is 91.0 Å². The molecule has 10 nitrogen and oxygen atoms in total. The number of carbonyl (C=O) groups is 3. The van der Waals surface area contributed by atoms with Crippen LogP contribution >= 0.6 is 7.60 Å². The highest BCUT2D eigenvalue weighted by molar-refractivity contribution is 7.57. The minimum absolute atomic E-state index is 0.171. The van der Waals surface area contributed by atoms with Crippen LogP contribution in [0.1, 0.15) is 57.4 Å². The molecule has 0 aliphatic rings. The molecule has 3 rings (SSSR count). The molecule has 1 unspecified atom stereocenters. The summed E-state index contributed by atoms with van der Waals surface area (Å²) < 4.78 is 29.5. The lowest BCUT2D eigenvalue weighted by atomic mass is 10.0. The molecule has 11 heteroatoms. The van der Waals surface area contributed by atoms with Gasteiger partial charge >= 0.3 is 13.7 Å². The zero-order valence-corrected chi connectivity index (χ0v) is 28.6. The van der Waals surface area contributed by atoms with Crippen molar-refractivity contribution in [3.63, 3.8) is 0 Å². The fourth-order valence-corrected chi connectivity index (χ4v) is 6.02. The van der Waals surface area contributed by atoms with Crippen molar-refractivity contribution in [2.45, 2.75) is 71.2 Å². The van der Waals surface area contributed by atoms with E-state index in [0.29, 0.717) is 0 Å². The quantitative estimate of drug-likeness (QED) is 0.149. The zero-order valence-electron chi connectivity index (χ0n) is 27.7. The van der Waals surface area contributed by atoms with E-state index in [4.69, 9.17) is 13.8 Å². The fraction of sp³-hybridized carbons (Fsp3) is 0.361. The summed E-state index contributed by atoms with van der Waals surface area (Å²) in [5.41, 5.74) is 1.57. The third-order valence-electron chi connectivity index (χ3n) is 6.74. The first-order valence-corrected chi connectivity index (χ1v) is 17.3. The highest BCUT2D eigenvalue weighted by Gasteiger charge is 2.30. The van der Waals surface area contributed by atoms with E-state index in [2.05, 4.69) is 16.0 Å². The molecule has 0 radical (unpaired) electrons. The van der Waals surface area contributed by atoms with Gasteiger partial charge in [-0.15, -0.1) is 0 Å². The molecule has 0 aliphatic carbocycles. The number of benzene rings is 3. The lowest BCUT2D eigenvalue weighted by molar-refractivity contribution is -0.130. The summed E-state index contributed by atoms with van der Waals surface area (Å²) in [5.74, 6) is 0.308. The standard InChI is InChI=1S/C36H46N3O7P/c1-6-44-47(43,45-7-2)24-23-30(29-21-15-10-16-22-29)37-33(40)31(25-27-17-11-8-12-18-27)38-34(41)32(26-28-19-13-9-14-20-28)39-35(42)46-36(3,4)5/h8-24,30-32H,6-7,25-26H2,1-5H3,(H,37,40)(H,38,41)(H,39,42)/b24-23+/t30?,31-,32-/m0/s1. The van der Waals surface area contributed by atoms with Crippen molar-refractivity contribution in [2.75, 3.05) is 13.2 Å². The first kappa shape index (κ1) is 37.2. The van der Waals surface area contributed by atoms with Crippen LogP contribution in [0.25, 0.3) is 0 Å². The molecule has 0 fully saturated rings. The molecule has 0 saturated carbocycles. The van der Waals surface area contributed by atoms with Crippen molar-refractivity contribution in [1.29, 1.82) is 0 Å². The second kappa shape index (κ2) is 18.2. The molecule has 47 heavy (non-hydrogen) atoms. The lowest BCUT2D eigenvalue weighted by Crippen LogP contribution is -2.55. The molecule has 3 N–H and O–H groups in total. The van der Waals surface area contributed by atoms with Crippen LogP contribution < -0.4 is 16.0 Å². The van der Waals surface area contributed by atoms with Gasteiger partial charge in [0.1, 0.15) is 17.7 Å². The van der Waals surface area contributed by atoms with Gasteiger partial charge in [0.15, 0.2) is 0 Å². The Morgan fingerprint density at radius 3 is 1.62 bits per heavy atom. The summed E-state index contributed by atoms with van der Waals surface area (Å²) >= 11 is 0. The van der Waals surface area contributed by atoms with Crippen molar-refractivity contribution in [1.82, 2.24) is 16.0 Å². The maximum Gasteiger partial charge on any atom is 0.408 e. The summed E-state index contributed by atoms with van der Waals surface area (Å²) in [4.78, 5) is 40.7. The summed E-state index contributed by atoms with van der Waals surface area (Å²) in [5, 5.41) is 8.55. The summed E-state index contributed by atoms with van der Waals surface area (Å²) in [6.07, 6.45) is 1.17. The van der Waals surface area contributed by atoms with Gasteiger partial charge in [0, 0.05) is 18.7 Å². The Kier molecular flexibility index (Phi) is 14.4. The normalized spacial score (nSPS) is 13.7. The van der Waals surface area contributed by atoms with Gasteiger partial charge in [-0.05, 0) is 57.4 Å². The monoisotopic (exact) mass is 663 g/mol. The predicted octanol–water partition coefficient (Wildman–Crippen LogP) is 6.49. The summed E-state index contributed by atoms with van der Waals surface area (Å²) in [6.45, 7) is 8.99. The van der Waals surface area contributed by atoms with Gasteiger partial charge in [0.2, 0.25) is 11.8 Å². The summed E-state index contributed by atoms with van der Waals surface area (Å²) in [6, 6.07) is 24.9. The average Bonchev–Trinajstić information content (AvgIpc) is 3.03. The van der Waals surface area contributed by atoms with Gasteiger partial charge in [0.05, 0.1) is 19.3 Å². The third kappa shape index (κ3) is 13.2. The van der Waals surface area contributed by atoms with E-state index in [-0.39, 0.29) is 26.1 Å². The molecular formula is C36H46N3O7P. The lowest BCUT2D eigenvalue weighted by Gasteiger charge is -2.26. The van der Waals surface area contributed by atoms with Crippen molar-refractivity contribution in [3.8, 4) is 0 Å². The first-order valence-electron chi connectivity index (χ1n) is 15.7. The number of carbonyl (C=O) groups excluding carboxylic acids is 3. The van der Waals surface area contributed by atoms with E-state index in [1.165, 1.54) is 5.82 Å². The molecule has 3 atom stereocenters. The Morgan fingerprint density at radius 2 is 1.15 bits per heavy atom. The number of alkyl carbamates (subject to hydrolysis) is 1. The topological polar surface area (TPSA) is 132 Å². The van der Waals surface area contributed by atoms with E-state index in [1.807, 2.05) is 91.0 Å². The molecule has 0 heterocycles. The van der Waals surface area contributed by atoms with Gasteiger partial charge in [-0.3, -0.25) is 14.2 Å². The SMILES string of the molecule is CCOP(=O)(/C=C/C(NC(=O)[C@H](Cc1ccccc1)NC(=O)[C@H](Cc1ccccc1)NC(=O)OC(C)(C)C)c1ccccc1)OCC. The van der Waals surface area contributed by atoms with Crippen molar-refractivity contribution in [2.24, 2.45) is 0 Å². The molecular weight excluding hydrogens is 617 g/mol. The molecule has 0 bridgehead atoms. The van der Waals surface area contributed by atoms with Crippen LogP contribution in [0, 0.1) is 0 Å². The van der Waals surface area contributed by atoms with Crippen LogP contribution in [0.5, 0.6) is 0 Å². The van der Waals surface area contributed by atoms with E-state index in [1.54, 1.807) is 40.7 Å². The molecule has 0 spiro atoms. The van der Waals surface area contributed by atoms with Crippen LogP contribution in [0.3, 0.4) is 0 Å². The minimum Gasteiger partial charge on any atom is -0.444 e. The van der Waals surface area contributed by atoms with Crippen molar-refractivity contribution < 1.29 is 32.7 Å². The third-order valence-corrected chi connectivity index (χ3v) is 8.51. The van der Waals surface area contributed by atoms with E-state index < -0.39 is 49.2 Å². The van der Waals surface area contributed by atoms with Gasteiger partial charge in [-0.25, -0.2) is 4.79 Å². The zero-order chi connectivity index (χ0) is 34.3. The number of rotatable bonds is 16. The van der Waals surface area contributed by atoms with Gasteiger partial charge < -0.3 is 29.7 Å². The second-order valence-electron chi connectivity index (χ2n) is 11.8. The number of amides is 3. The Morgan fingerprint density at radius 1 is 0.702 bits per heavy atom. The molecule has 0 aliphatic heterocycles. The van der Waals surface area contributed by atoms with E-state index in [0.717, 1.165) is 16.7 Å². The molecule has 3 aromatic rings. The smallest absolute Gasteiger partial charge is 0.408 e. The highest BCUT2D eigenvalue weighted by atomic mass is 31.2. The Labute approximate surface area is 277 Å². The number of ether oxygens (including phenoxy) is 1. The molecule has 3 amide bonds. The van der Waals surface area contributed by atoms with Crippen LogP contribution in [-0.2, 0) is 40.8 Å². The molecule has 252 valence electrons. The van der Waals surface area contributed by atoms with Crippen LogP contribution in [0.2, 0.25) is 0 Å². The number of nitrogens with one attached hydrogen (secondary N) is 3. The van der Waals surface area contributed by atoms with Crippen LogP contribution in [0.15, 0.2) is 103 Å². The minimum atomic E-state index is -3.57. The maximum absolute atomic E-state index is 14.0. The Bertz CT molecular complexity index is 1490. The average molecular weight is 664 g/mol. The number of hydrogen-bond acceptors (Lipinski definition) is 7. The van der Waals surface area contributed by atoms with Gasteiger partial charge in [0.25, 0.3) is 0 Å². The Balaban J connectivity index is 1.92. The largest absolute Gasteiger partial charge is 0.444 e.